The fourth-order valence-electron chi connectivity index (χ4n) is 1.01. The largest absolute Gasteiger partial charge is 0.368 e. The Kier molecular flexibility index (Phi) is 2.25. The van der Waals surface area contributed by atoms with E-state index in [-0.39, 0.29) is 6.10 Å². The van der Waals surface area contributed by atoms with E-state index in [2.05, 4.69) is 13.2 Å². The quantitative estimate of drug-likeness (QED) is 0.555. The van der Waals surface area contributed by atoms with Crippen LogP contribution in [0.25, 0.3) is 0 Å². The molecule has 1 rings (SSSR count). The first-order valence-electron chi connectivity index (χ1n) is 3.38. The Morgan fingerprint density at radius 2 is 2.40 bits per heavy atom. The lowest BCUT2D eigenvalue weighted by atomic mass is 10.0. The van der Waals surface area contributed by atoms with Crippen molar-refractivity contribution in [3.63, 3.8) is 0 Å². The van der Waals surface area contributed by atoms with E-state index in [1.165, 1.54) is 0 Å². The van der Waals surface area contributed by atoms with E-state index < -0.39 is 6.29 Å². The minimum Gasteiger partial charge on any atom is -0.368 e. The average molecular weight is 140 g/mol. The predicted molar refractivity (Wildman–Crippen MR) is 39.5 cm³/mol. The van der Waals surface area contributed by atoms with E-state index in [1.54, 1.807) is 6.08 Å². The summed E-state index contributed by atoms with van der Waals surface area (Å²) in [5.74, 6) is 0. The lowest BCUT2D eigenvalue weighted by Crippen LogP contribution is -2.27. The van der Waals surface area contributed by atoms with Crippen LogP contribution in [0, 0.1) is 0 Å². The highest BCUT2D eigenvalue weighted by atomic mass is 16.6. The topological polar surface area (TPSA) is 29.5 Å². The number of ether oxygens (including phenoxy) is 1. The normalized spacial score (nSPS) is 33.9. The third kappa shape index (κ3) is 1.46. The highest BCUT2D eigenvalue weighted by Crippen LogP contribution is 2.21. The van der Waals surface area contributed by atoms with E-state index >= 15 is 0 Å². The second-order valence-corrected chi connectivity index (χ2v) is 2.44. The van der Waals surface area contributed by atoms with E-state index in [0.717, 1.165) is 12.0 Å². The van der Waals surface area contributed by atoms with E-state index in [0.29, 0.717) is 6.42 Å². The van der Waals surface area contributed by atoms with Crippen molar-refractivity contribution in [3.05, 3.63) is 24.8 Å². The van der Waals surface area contributed by atoms with Gasteiger partial charge in [-0.05, 0) is 12.0 Å². The molecule has 0 saturated carbocycles. The number of hydrogen-bond acceptors (Lipinski definition) is 2. The zero-order chi connectivity index (χ0) is 7.56. The molecule has 2 heteroatoms. The minimum atomic E-state index is -0.631. The Hall–Kier alpha value is -0.600. The van der Waals surface area contributed by atoms with Crippen molar-refractivity contribution < 1.29 is 9.84 Å². The van der Waals surface area contributed by atoms with Crippen LogP contribution in [-0.4, -0.2) is 17.5 Å². The van der Waals surface area contributed by atoms with Crippen molar-refractivity contribution >= 4 is 0 Å². The highest BCUT2D eigenvalue weighted by molar-refractivity contribution is 5.11. The summed E-state index contributed by atoms with van der Waals surface area (Å²) in [6, 6.07) is 0. The van der Waals surface area contributed by atoms with Gasteiger partial charge >= 0.3 is 0 Å². The summed E-state index contributed by atoms with van der Waals surface area (Å²) in [4.78, 5) is 0. The van der Waals surface area contributed by atoms with Crippen molar-refractivity contribution in [3.8, 4) is 0 Å². The first-order chi connectivity index (χ1) is 4.74. The fraction of sp³-hybridized carbons (Fsp3) is 0.500. The molecule has 2 unspecified atom stereocenters. The number of rotatable bonds is 1. The molecule has 1 aliphatic rings. The second-order valence-electron chi connectivity index (χ2n) is 2.44. The van der Waals surface area contributed by atoms with Crippen LogP contribution >= 0.6 is 0 Å². The third-order valence-electron chi connectivity index (χ3n) is 1.63. The molecule has 1 heterocycles. The number of aliphatic hydroxyl groups excluding tert-OH is 1. The van der Waals surface area contributed by atoms with Gasteiger partial charge in [-0.2, -0.15) is 0 Å². The summed E-state index contributed by atoms with van der Waals surface area (Å²) < 4.78 is 5.09. The lowest BCUT2D eigenvalue weighted by molar-refractivity contribution is -0.130. The second kappa shape index (κ2) is 2.99. The molecule has 10 heavy (non-hydrogen) atoms. The molecule has 0 aliphatic carbocycles. The van der Waals surface area contributed by atoms with Crippen LogP contribution in [0.1, 0.15) is 12.8 Å². The SMILES string of the molecule is C=CC1OC(O)CCC1=C. The fourth-order valence-corrected chi connectivity index (χ4v) is 1.01. The smallest absolute Gasteiger partial charge is 0.156 e. The first-order valence-corrected chi connectivity index (χ1v) is 3.38. The molecule has 2 atom stereocenters. The van der Waals surface area contributed by atoms with Gasteiger partial charge in [-0.15, -0.1) is 6.58 Å². The molecule has 2 nitrogen and oxygen atoms in total. The van der Waals surface area contributed by atoms with Gasteiger partial charge in [0, 0.05) is 6.42 Å². The van der Waals surface area contributed by atoms with Crippen LogP contribution in [0.2, 0.25) is 0 Å². The first kappa shape index (κ1) is 7.51. The molecule has 0 spiro atoms. The molecular formula is C8H12O2. The molecule has 0 radical (unpaired) electrons. The van der Waals surface area contributed by atoms with Crippen molar-refractivity contribution in [2.24, 2.45) is 0 Å². The summed E-state index contributed by atoms with van der Waals surface area (Å²) in [6.45, 7) is 7.37. The van der Waals surface area contributed by atoms with Crippen LogP contribution in [0.3, 0.4) is 0 Å². The van der Waals surface area contributed by atoms with Crippen molar-refractivity contribution in [1.82, 2.24) is 0 Å². The van der Waals surface area contributed by atoms with Gasteiger partial charge in [-0.25, -0.2) is 0 Å². The zero-order valence-corrected chi connectivity index (χ0v) is 5.92. The van der Waals surface area contributed by atoms with Crippen molar-refractivity contribution in [2.45, 2.75) is 25.2 Å². The molecule has 1 saturated heterocycles. The molecular weight excluding hydrogens is 128 g/mol. The molecule has 0 aromatic heterocycles. The monoisotopic (exact) mass is 140 g/mol. The standard InChI is InChI=1S/C8H12O2/c1-3-7-6(2)4-5-8(9)10-7/h3,7-9H,1-2,4-5H2. The van der Waals surface area contributed by atoms with E-state index in [1.807, 2.05) is 0 Å². The summed E-state index contributed by atoms with van der Waals surface area (Å²) in [6.07, 6.45) is 2.36. The summed E-state index contributed by atoms with van der Waals surface area (Å²) in [7, 11) is 0. The summed E-state index contributed by atoms with van der Waals surface area (Å²) in [5, 5.41) is 9.02. The average Bonchev–Trinajstić information content (AvgIpc) is 1.94. The summed E-state index contributed by atoms with van der Waals surface area (Å²) in [5.41, 5.74) is 1.00. The molecule has 0 aromatic rings. The maximum absolute atomic E-state index is 9.02. The van der Waals surface area contributed by atoms with Crippen LogP contribution in [0.15, 0.2) is 24.8 Å². The predicted octanol–water partition coefficient (Wildman–Crippen LogP) is 1.23. The van der Waals surface area contributed by atoms with Crippen LogP contribution < -0.4 is 0 Å². The molecule has 1 N–H and O–H groups in total. The Labute approximate surface area is 60.8 Å². The molecule has 1 aliphatic heterocycles. The Bertz CT molecular complexity index is 151. The maximum Gasteiger partial charge on any atom is 0.156 e. The van der Waals surface area contributed by atoms with Crippen molar-refractivity contribution in [1.29, 1.82) is 0 Å². The Balaban J connectivity index is 2.53. The van der Waals surface area contributed by atoms with Gasteiger partial charge < -0.3 is 9.84 Å². The Morgan fingerprint density at radius 1 is 1.70 bits per heavy atom. The number of aliphatic hydroxyl groups is 1. The van der Waals surface area contributed by atoms with Gasteiger partial charge in [0.25, 0.3) is 0 Å². The van der Waals surface area contributed by atoms with Crippen LogP contribution in [-0.2, 0) is 4.74 Å². The minimum absolute atomic E-state index is 0.149. The van der Waals surface area contributed by atoms with Crippen LogP contribution in [0.5, 0.6) is 0 Å². The van der Waals surface area contributed by atoms with Gasteiger partial charge in [0.2, 0.25) is 0 Å². The molecule has 1 fully saturated rings. The highest BCUT2D eigenvalue weighted by Gasteiger charge is 2.20. The number of hydrogen-bond donors (Lipinski definition) is 1. The van der Waals surface area contributed by atoms with Gasteiger partial charge in [0.1, 0.15) is 0 Å². The molecule has 0 bridgehead atoms. The molecule has 0 aromatic carbocycles. The van der Waals surface area contributed by atoms with Crippen LogP contribution in [0.4, 0.5) is 0 Å². The van der Waals surface area contributed by atoms with Gasteiger partial charge in [-0.1, -0.05) is 12.7 Å². The molecule has 56 valence electrons. The van der Waals surface area contributed by atoms with Crippen molar-refractivity contribution in [2.75, 3.05) is 0 Å². The summed E-state index contributed by atoms with van der Waals surface area (Å²) >= 11 is 0. The lowest BCUT2D eigenvalue weighted by Gasteiger charge is -2.26. The van der Waals surface area contributed by atoms with Gasteiger partial charge in [-0.3, -0.25) is 0 Å². The van der Waals surface area contributed by atoms with Gasteiger partial charge in [0.15, 0.2) is 6.29 Å². The van der Waals surface area contributed by atoms with Gasteiger partial charge in [0.05, 0.1) is 6.10 Å². The zero-order valence-electron chi connectivity index (χ0n) is 5.92. The van der Waals surface area contributed by atoms with E-state index in [9.17, 15) is 0 Å². The molecule has 0 amide bonds. The van der Waals surface area contributed by atoms with E-state index in [4.69, 9.17) is 9.84 Å². The third-order valence-corrected chi connectivity index (χ3v) is 1.63. The maximum atomic E-state index is 9.02. The Morgan fingerprint density at radius 3 is 2.90 bits per heavy atom.